The molecule has 0 amide bonds. The summed E-state index contributed by atoms with van der Waals surface area (Å²) in [6.07, 6.45) is 7.71. The Morgan fingerprint density at radius 1 is 1.07 bits per heavy atom. The van der Waals surface area contributed by atoms with Crippen molar-refractivity contribution in [2.75, 3.05) is 13.1 Å². The highest BCUT2D eigenvalue weighted by Gasteiger charge is 2.40. The van der Waals surface area contributed by atoms with Crippen LogP contribution in [0.3, 0.4) is 0 Å². The van der Waals surface area contributed by atoms with E-state index in [0.29, 0.717) is 5.92 Å². The van der Waals surface area contributed by atoms with Crippen LogP contribution in [0.1, 0.15) is 44.6 Å². The molecule has 1 saturated carbocycles. The number of carbonyl (C=O) groups is 2. The molecule has 1 aromatic rings. The van der Waals surface area contributed by atoms with Gasteiger partial charge in [0.1, 0.15) is 0 Å². The van der Waals surface area contributed by atoms with Gasteiger partial charge in [-0.15, -0.1) is 7.05 Å². The molecule has 0 bridgehead atoms. The van der Waals surface area contributed by atoms with Crippen molar-refractivity contribution >= 4 is 25.1 Å². The Hall–Kier alpha value is -2.08. The monoisotopic (exact) mass is 369 g/mol. The SMILES string of the molecule is [CH2-][N+]1(C(C)C2CCCCC2)CC(=O)OB(/C=C/c2ccccc2)OC(=O)C1. The highest BCUT2D eigenvalue weighted by molar-refractivity contribution is 6.55. The number of carbonyl (C=O) groups excluding carboxylic acids is 2. The van der Waals surface area contributed by atoms with Gasteiger partial charge in [0.2, 0.25) is 0 Å². The van der Waals surface area contributed by atoms with Gasteiger partial charge in [-0.2, -0.15) is 0 Å². The van der Waals surface area contributed by atoms with Crippen LogP contribution >= 0.6 is 0 Å². The molecule has 1 aliphatic carbocycles. The molecule has 144 valence electrons. The van der Waals surface area contributed by atoms with Gasteiger partial charge in [0, 0.05) is 5.92 Å². The summed E-state index contributed by atoms with van der Waals surface area (Å²) in [5.74, 6) is 1.30. The van der Waals surface area contributed by atoms with Crippen LogP contribution in [0.15, 0.2) is 36.3 Å². The lowest BCUT2D eigenvalue weighted by Gasteiger charge is -2.50. The van der Waals surface area contributed by atoms with Gasteiger partial charge in [-0.3, -0.25) is 0 Å². The molecule has 1 heterocycles. The fourth-order valence-electron chi connectivity index (χ4n) is 4.11. The Morgan fingerprint density at radius 3 is 2.26 bits per heavy atom. The zero-order chi connectivity index (χ0) is 19.3. The van der Waals surface area contributed by atoms with E-state index in [4.69, 9.17) is 9.31 Å². The first-order valence-electron chi connectivity index (χ1n) is 9.80. The average Bonchev–Trinajstić information content (AvgIpc) is 2.65. The molecule has 0 N–H and O–H groups in total. The number of hydrogen-bond acceptors (Lipinski definition) is 4. The zero-order valence-corrected chi connectivity index (χ0v) is 16.0. The van der Waals surface area contributed by atoms with Crippen LogP contribution in [0.5, 0.6) is 0 Å². The number of hydrogen-bond donors (Lipinski definition) is 0. The molecule has 2 aliphatic rings. The zero-order valence-electron chi connectivity index (χ0n) is 16.0. The molecule has 1 aromatic carbocycles. The van der Waals surface area contributed by atoms with Gasteiger partial charge >= 0.3 is 19.1 Å². The van der Waals surface area contributed by atoms with E-state index in [1.807, 2.05) is 30.3 Å². The second-order valence-electron chi connectivity index (χ2n) is 7.79. The lowest BCUT2D eigenvalue weighted by molar-refractivity contribution is -0.899. The third-order valence-electron chi connectivity index (χ3n) is 5.82. The highest BCUT2D eigenvalue weighted by Crippen LogP contribution is 2.32. The lowest BCUT2D eigenvalue weighted by Crippen LogP contribution is -2.59. The Morgan fingerprint density at radius 2 is 1.67 bits per heavy atom. The highest BCUT2D eigenvalue weighted by atomic mass is 16.6. The van der Waals surface area contributed by atoms with Gasteiger partial charge in [0.25, 0.3) is 0 Å². The minimum Gasteiger partial charge on any atom is -0.491 e. The summed E-state index contributed by atoms with van der Waals surface area (Å²) in [4.78, 5) is 24.9. The quantitative estimate of drug-likeness (QED) is 0.464. The maximum absolute atomic E-state index is 12.5. The summed E-state index contributed by atoms with van der Waals surface area (Å²) in [5.41, 5.74) is 0.944. The van der Waals surface area contributed by atoms with Crippen LogP contribution in [0.25, 0.3) is 6.08 Å². The summed E-state index contributed by atoms with van der Waals surface area (Å²) in [6, 6.07) is 9.71. The molecule has 1 unspecified atom stereocenters. The minimum atomic E-state index is -0.996. The van der Waals surface area contributed by atoms with E-state index in [2.05, 4.69) is 14.0 Å². The topological polar surface area (TPSA) is 52.6 Å². The molecule has 3 rings (SSSR count). The van der Waals surface area contributed by atoms with Crippen LogP contribution in [0, 0.1) is 13.0 Å². The Labute approximate surface area is 162 Å². The Kier molecular flexibility index (Phi) is 6.37. The first-order chi connectivity index (χ1) is 13.0. The lowest BCUT2D eigenvalue weighted by atomic mass is 9.83. The van der Waals surface area contributed by atoms with Crippen molar-refractivity contribution in [3.8, 4) is 0 Å². The fraction of sp³-hybridized carbons (Fsp3) is 0.476. The van der Waals surface area contributed by atoms with E-state index in [0.717, 1.165) is 18.4 Å². The van der Waals surface area contributed by atoms with Crippen LogP contribution in [0.4, 0.5) is 0 Å². The average molecular weight is 369 g/mol. The summed E-state index contributed by atoms with van der Waals surface area (Å²) in [7, 11) is 3.25. The molecule has 27 heavy (non-hydrogen) atoms. The molecule has 0 aromatic heterocycles. The van der Waals surface area contributed by atoms with Crippen molar-refractivity contribution in [3.63, 3.8) is 0 Å². The fourth-order valence-corrected chi connectivity index (χ4v) is 4.11. The van der Waals surface area contributed by atoms with E-state index in [-0.39, 0.29) is 35.6 Å². The molecular weight excluding hydrogens is 341 g/mol. The van der Waals surface area contributed by atoms with E-state index >= 15 is 0 Å². The number of nitrogens with zero attached hydrogens (tertiary/aromatic N) is 1. The van der Waals surface area contributed by atoms with Gasteiger partial charge in [-0.1, -0.05) is 55.7 Å². The molecule has 1 atom stereocenters. The second kappa shape index (κ2) is 8.74. The van der Waals surface area contributed by atoms with Crippen LogP contribution in [-0.2, 0) is 18.9 Å². The largest absolute Gasteiger partial charge is 0.629 e. The summed E-state index contributed by atoms with van der Waals surface area (Å²) in [6.45, 7) is 2.27. The predicted molar refractivity (Wildman–Crippen MR) is 105 cm³/mol. The summed E-state index contributed by atoms with van der Waals surface area (Å²) in [5, 5.41) is 0. The van der Waals surface area contributed by atoms with E-state index in [1.54, 1.807) is 12.1 Å². The Balaban J connectivity index is 1.68. The van der Waals surface area contributed by atoms with Crippen molar-refractivity contribution in [1.29, 1.82) is 0 Å². The van der Waals surface area contributed by atoms with E-state index < -0.39 is 7.12 Å². The summed E-state index contributed by atoms with van der Waals surface area (Å²) >= 11 is 0. The van der Waals surface area contributed by atoms with Crippen molar-refractivity contribution in [1.82, 2.24) is 0 Å². The number of rotatable bonds is 4. The predicted octanol–water partition coefficient (Wildman–Crippen LogP) is 3.40. The third kappa shape index (κ3) is 5.22. The van der Waals surface area contributed by atoms with Gasteiger partial charge in [-0.05, 0) is 31.3 Å². The smallest absolute Gasteiger partial charge is 0.491 e. The van der Waals surface area contributed by atoms with Crippen LogP contribution in [-0.4, -0.2) is 42.7 Å². The molecule has 2 fully saturated rings. The molecule has 1 saturated heterocycles. The van der Waals surface area contributed by atoms with Gasteiger partial charge in [0.05, 0.1) is 6.04 Å². The molecular formula is C21H28BNO4. The second-order valence-corrected chi connectivity index (χ2v) is 7.79. The number of quaternary nitrogens is 1. The molecule has 0 radical (unpaired) electrons. The van der Waals surface area contributed by atoms with Crippen molar-refractivity contribution in [3.05, 3.63) is 48.9 Å². The summed E-state index contributed by atoms with van der Waals surface area (Å²) < 4.78 is 10.9. The molecule has 5 nitrogen and oxygen atoms in total. The van der Waals surface area contributed by atoms with Crippen LogP contribution < -0.4 is 0 Å². The molecule has 0 spiro atoms. The Bertz CT molecular complexity index is 665. The normalized spacial score (nSPS) is 22.7. The first kappa shape index (κ1) is 19.7. The molecule has 1 aliphatic heterocycles. The van der Waals surface area contributed by atoms with E-state index in [9.17, 15) is 9.59 Å². The van der Waals surface area contributed by atoms with Crippen molar-refractivity contribution < 1.29 is 23.4 Å². The maximum atomic E-state index is 12.5. The minimum absolute atomic E-state index is 0.0858. The van der Waals surface area contributed by atoms with Gasteiger partial charge in [-0.25, -0.2) is 9.59 Å². The van der Waals surface area contributed by atoms with Crippen molar-refractivity contribution in [2.45, 2.75) is 45.1 Å². The van der Waals surface area contributed by atoms with E-state index in [1.165, 1.54) is 19.3 Å². The van der Waals surface area contributed by atoms with Crippen molar-refractivity contribution in [2.24, 2.45) is 5.92 Å². The standard InChI is InChI=1S/C21H28BNO4/c1-17(19-11-7-4-8-12-19)23(2)15-20(24)26-22(27-21(25)16-23)14-13-18-9-5-3-6-10-18/h3,5-6,9-10,13-14,17,19H,2,4,7-8,11-12,15-16H2,1H3/b14-13+. The molecule has 6 heteroatoms. The first-order valence-corrected chi connectivity index (χ1v) is 9.80. The van der Waals surface area contributed by atoms with Crippen LogP contribution in [0.2, 0.25) is 0 Å². The maximum Gasteiger partial charge on any atom is 0.629 e. The third-order valence-corrected chi connectivity index (χ3v) is 5.82. The number of benzene rings is 1. The van der Waals surface area contributed by atoms with Gasteiger partial charge < -0.3 is 13.8 Å². The van der Waals surface area contributed by atoms with Gasteiger partial charge in [0.15, 0.2) is 13.1 Å².